The quantitative estimate of drug-likeness (QED) is 0.505. The molecule has 10 aliphatic rings. The van der Waals surface area contributed by atoms with E-state index in [1.165, 1.54) is 24.1 Å². The Balaban J connectivity index is 2.01. The second-order valence-electron chi connectivity index (χ2n) is 10.7. The van der Waals surface area contributed by atoms with Crippen molar-refractivity contribution in [2.45, 2.75) is 60.5 Å². The fourth-order valence-corrected chi connectivity index (χ4v) is 99.1. The summed E-state index contributed by atoms with van der Waals surface area (Å²) in [4.78, 5) is 20.4. The number of carbonyl (C=O) groups excluding carboxylic acids is 1. The van der Waals surface area contributed by atoms with Crippen LogP contribution in [0.15, 0.2) is 0 Å². The maximum absolute atomic E-state index is 11.9. The predicted octanol–water partition coefficient (Wildman–Crippen LogP) is 3.72. The van der Waals surface area contributed by atoms with E-state index >= 15 is 0 Å². The molecule has 0 bridgehead atoms. The van der Waals surface area contributed by atoms with E-state index in [0.29, 0.717) is 4.31 Å². The first-order chi connectivity index (χ1) is 6.88. The Kier molecular flexibility index (Phi) is 0.119. The van der Waals surface area contributed by atoms with Crippen LogP contribution in [0.2, 0.25) is 46.7 Å². The van der Waals surface area contributed by atoms with Crippen molar-refractivity contribution in [3.8, 4) is 0 Å². The van der Waals surface area contributed by atoms with Gasteiger partial charge in [-0.3, -0.25) is 0 Å². The number of fused-ring (bicyclic) bond motifs is 10. The summed E-state index contributed by atoms with van der Waals surface area (Å²) in [6.45, 7) is 2.18. The molecule has 10 saturated heterocycles. The van der Waals surface area contributed by atoms with Crippen molar-refractivity contribution in [3.63, 3.8) is 0 Å². The molecule has 10 heterocycles. The van der Waals surface area contributed by atoms with Gasteiger partial charge in [-0.1, -0.05) is 0 Å². The van der Waals surface area contributed by atoms with Gasteiger partial charge in [0.05, 0.1) is 0 Å². The van der Waals surface area contributed by atoms with Crippen LogP contribution in [0.25, 0.3) is 0 Å². The number of carbonyl (C=O) groups is 1. The molecular formula is C13H14FeO. The van der Waals surface area contributed by atoms with E-state index < -0.39 is 6.51 Å². The molecular weight excluding hydrogens is 228 g/mol. The first-order valence-corrected chi connectivity index (χ1v) is 12.7. The van der Waals surface area contributed by atoms with Crippen LogP contribution in [0.3, 0.4) is 0 Å². The normalized spacial score (nSPS) is 143. The van der Waals surface area contributed by atoms with Crippen LogP contribution in [-0.2, 0) is 11.3 Å². The summed E-state index contributed by atoms with van der Waals surface area (Å²) < 4.78 is 2.21. The van der Waals surface area contributed by atoms with Gasteiger partial charge in [0.2, 0.25) is 0 Å². The first kappa shape index (κ1) is 5.23. The zero-order chi connectivity index (χ0) is 9.56. The molecule has 10 aliphatic heterocycles. The van der Waals surface area contributed by atoms with Gasteiger partial charge in [-0.15, -0.1) is 0 Å². The fraction of sp³-hybridized carbons (Fsp3) is 0.923. The van der Waals surface area contributed by atoms with Crippen molar-refractivity contribution < 1.29 is 11.3 Å². The molecule has 0 amide bonds. The summed E-state index contributed by atoms with van der Waals surface area (Å²) >= 11 is 0. The third-order valence-corrected chi connectivity index (χ3v) is 62.9. The van der Waals surface area contributed by atoms with E-state index in [1.807, 2.05) is 0 Å². The minimum atomic E-state index is -3.21. The second-order valence-corrected chi connectivity index (χ2v) is 34.2. The van der Waals surface area contributed by atoms with E-state index in [4.69, 9.17) is 0 Å². The molecule has 1 spiro atoms. The number of aldehydes is 1. The Morgan fingerprint density at radius 3 is 1.53 bits per heavy atom. The molecule has 2 heteroatoms. The Morgan fingerprint density at radius 1 is 0.933 bits per heavy atom. The van der Waals surface area contributed by atoms with Gasteiger partial charge < -0.3 is 0 Å². The van der Waals surface area contributed by atoms with Crippen molar-refractivity contribution >= 4 is 6.29 Å². The van der Waals surface area contributed by atoms with Gasteiger partial charge in [0.15, 0.2) is 0 Å². The summed E-state index contributed by atoms with van der Waals surface area (Å²) in [5.41, 5.74) is 0. The maximum atomic E-state index is 11.9. The molecule has 0 aromatic rings. The molecule has 8 unspecified atom stereocenters. The van der Waals surface area contributed by atoms with Gasteiger partial charge in [-0.05, 0) is 0 Å². The molecule has 10 rings (SSSR count). The minimum absolute atomic E-state index is 0.479. The molecule has 8 atom stereocenters. The zero-order valence-corrected chi connectivity index (χ0v) is 9.98. The van der Waals surface area contributed by atoms with Gasteiger partial charge in [0.25, 0.3) is 0 Å². The third kappa shape index (κ3) is 0.0356. The van der Waals surface area contributed by atoms with E-state index in [1.54, 1.807) is 6.29 Å². The predicted molar refractivity (Wildman–Crippen MR) is 51.7 cm³/mol. The molecule has 0 aliphatic carbocycles. The van der Waals surface area contributed by atoms with E-state index in [0.717, 1.165) is 18.3 Å². The molecule has 80 valence electrons. The molecule has 15 heavy (non-hydrogen) atoms. The summed E-state index contributed by atoms with van der Waals surface area (Å²) in [6, 6.07) is 0. The fourth-order valence-electron chi connectivity index (χ4n) is 19.5. The van der Waals surface area contributed by atoms with Crippen molar-refractivity contribution in [2.75, 3.05) is 0 Å². The van der Waals surface area contributed by atoms with E-state index in [2.05, 4.69) is 13.8 Å². The number of hydrogen-bond donors (Lipinski definition) is 0. The van der Waals surface area contributed by atoms with Gasteiger partial charge in [0, 0.05) is 0 Å². The Labute approximate surface area is 78.3 Å². The number of hydrogen-bond acceptors (Lipinski definition) is 1. The zero-order valence-electron chi connectivity index (χ0n) is 8.88. The topological polar surface area (TPSA) is 17.1 Å². The molecule has 1 nitrogen and oxygen atoms in total. The van der Waals surface area contributed by atoms with E-state index in [-0.39, 0.29) is 0 Å². The average molecular weight is 242 g/mol. The van der Waals surface area contributed by atoms with Crippen molar-refractivity contribution in [2.24, 2.45) is 0 Å². The SMILES string of the molecule is C[C]12[CH]3[CH]4[CH]5[C]1(C)[Fe]43521678[CH]2[CH]1[CH]6[C]7(C=O)[CH]28. The van der Waals surface area contributed by atoms with Crippen LogP contribution in [0, 0.1) is 0 Å². The van der Waals surface area contributed by atoms with Crippen LogP contribution < -0.4 is 0 Å². The summed E-state index contributed by atoms with van der Waals surface area (Å²) in [7, 11) is 0. The Bertz CT molecular complexity index is 1010. The molecule has 0 saturated carbocycles. The van der Waals surface area contributed by atoms with Gasteiger partial charge in [0.1, 0.15) is 0 Å². The number of rotatable bonds is 1. The van der Waals surface area contributed by atoms with E-state index in [9.17, 15) is 4.79 Å². The Morgan fingerprint density at radius 2 is 1.47 bits per heavy atom. The summed E-state index contributed by atoms with van der Waals surface area (Å²) in [6.07, 6.45) is 1.58. The monoisotopic (exact) mass is 242 g/mol. The second kappa shape index (κ2) is 0.340. The van der Waals surface area contributed by atoms with Gasteiger partial charge in [-0.25, -0.2) is 0 Å². The Hall–Kier alpha value is 0.189. The molecule has 0 radical (unpaired) electrons. The molecule has 0 aromatic heterocycles. The third-order valence-electron chi connectivity index (χ3n) is 16.9. The van der Waals surface area contributed by atoms with Crippen LogP contribution in [0.5, 0.6) is 0 Å². The van der Waals surface area contributed by atoms with Crippen LogP contribution in [-0.4, -0.2) is 6.29 Å². The van der Waals surface area contributed by atoms with Gasteiger partial charge >= 0.3 is 78.1 Å². The van der Waals surface area contributed by atoms with Crippen molar-refractivity contribution in [3.05, 3.63) is 0 Å². The van der Waals surface area contributed by atoms with Crippen molar-refractivity contribution in [1.29, 1.82) is 0 Å². The standard InChI is InChI=1S/C7H9.C6H5O.Fe/c1-6-4-3-5-7(6)2;7-5-6-3-1-2-4-6;/h3-5H,1-2H3;1-5H;. The summed E-state index contributed by atoms with van der Waals surface area (Å²) in [5.74, 6) is 0. The van der Waals surface area contributed by atoms with Crippen LogP contribution in [0.1, 0.15) is 13.8 Å². The summed E-state index contributed by atoms with van der Waals surface area (Å²) in [5, 5.41) is 0. The van der Waals surface area contributed by atoms with Crippen molar-refractivity contribution in [1.82, 2.24) is 0 Å². The van der Waals surface area contributed by atoms with Crippen LogP contribution >= 0.6 is 0 Å². The average Bonchev–Trinajstić information content (AvgIpc) is 3.16. The molecule has 0 aromatic carbocycles. The van der Waals surface area contributed by atoms with Gasteiger partial charge in [-0.2, -0.15) is 0 Å². The molecule has 0 N–H and O–H groups in total. The molecule has 10 fully saturated rings. The van der Waals surface area contributed by atoms with Crippen LogP contribution in [0.4, 0.5) is 0 Å². The first-order valence-electron chi connectivity index (χ1n) is 6.55.